The van der Waals surface area contributed by atoms with Crippen molar-refractivity contribution in [2.75, 3.05) is 37.6 Å². The number of allylic oxidation sites excluding steroid dienone is 1. The van der Waals surface area contributed by atoms with Gasteiger partial charge in [-0.05, 0) is 93.3 Å². The lowest BCUT2D eigenvalue weighted by molar-refractivity contribution is 0.0139. The number of carbonyl (C=O) groups excluding carboxylic acids is 1. The van der Waals surface area contributed by atoms with Crippen LogP contribution in [-0.4, -0.2) is 54.2 Å². The van der Waals surface area contributed by atoms with Crippen LogP contribution in [0.15, 0.2) is 55.3 Å². The van der Waals surface area contributed by atoms with Gasteiger partial charge in [-0.2, -0.15) is 0 Å². The van der Waals surface area contributed by atoms with Gasteiger partial charge in [0.15, 0.2) is 0 Å². The van der Waals surface area contributed by atoms with Gasteiger partial charge in [0.05, 0.1) is 0 Å². The third-order valence-corrected chi connectivity index (χ3v) is 8.14. The molecule has 0 N–H and O–H groups in total. The maximum atomic E-state index is 12.4. The van der Waals surface area contributed by atoms with Crippen molar-refractivity contribution in [3.8, 4) is 11.1 Å². The van der Waals surface area contributed by atoms with E-state index in [0.29, 0.717) is 19.0 Å². The highest BCUT2D eigenvalue weighted by molar-refractivity contribution is 5.77. The summed E-state index contributed by atoms with van der Waals surface area (Å²) >= 11 is 0. The van der Waals surface area contributed by atoms with Crippen molar-refractivity contribution in [1.82, 2.24) is 9.80 Å². The van der Waals surface area contributed by atoms with E-state index in [1.54, 1.807) is 0 Å². The van der Waals surface area contributed by atoms with E-state index in [-0.39, 0.29) is 6.09 Å². The molecule has 5 heteroatoms. The highest BCUT2D eigenvalue weighted by atomic mass is 16.6. The average molecular weight is 530 g/mol. The van der Waals surface area contributed by atoms with Crippen LogP contribution in [0.4, 0.5) is 10.5 Å². The zero-order valence-corrected chi connectivity index (χ0v) is 24.8. The largest absolute Gasteiger partial charge is 0.444 e. The Hall–Kier alpha value is -3.05. The molecule has 39 heavy (non-hydrogen) atoms. The smallest absolute Gasteiger partial charge is 0.410 e. The predicted molar refractivity (Wildman–Crippen MR) is 164 cm³/mol. The second kappa shape index (κ2) is 12.4. The molecular formula is C34H47N3O2. The lowest BCUT2D eigenvalue weighted by Crippen LogP contribution is -2.49. The number of ether oxygens (including phenoxy) is 1. The van der Waals surface area contributed by atoms with E-state index in [0.717, 1.165) is 26.2 Å². The molecule has 1 aliphatic carbocycles. The van der Waals surface area contributed by atoms with Crippen molar-refractivity contribution in [2.24, 2.45) is 5.92 Å². The Bertz CT molecular complexity index is 1160. The van der Waals surface area contributed by atoms with E-state index in [4.69, 9.17) is 4.74 Å². The number of benzene rings is 2. The van der Waals surface area contributed by atoms with Crippen molar-refractivity contribution < 1.29 is 9.53 Å². The van der Waals surface area contributed by atoms with E-state index >= 15 is 0 Å². The zero-order valence-electron chi connectivity index (χ0n) is 24.8. The maximum absolute atomic E-state index is 12.4. The highest BCUT2D eigenvalue weighted by Gasteiger charge is 2.26. The molecule has 0 radical (unpaired) electrons. The summed E-state index contributed by atoms with van der Waals surface area (Å²) in [5.74, 6) is 0.588. The summed E-state index contributed by atoms with van der Waals surface area (Å²) in [7, 11) is 0. The fraction of sp³-hybridized carbons (Fsp3) is 0.500. The summed E-state index contributed by atoms with van der Waals surface area (Å²) in [4.78, 5) is 19.0. The second-order valence-electron chi connectivity index (χ2n) is 12.1. The molecular weight excluding hydrogens is 482 g/mol. The minimum absolute atomic E-state index is 0.212. The molecule has 1 saturated heterocycles. The van der Waals surface area contributed by atoms with Crippen LogP contribution in [0.3, 0.4) is 0 Å². The number of anilines is 1. The molecule has 2 aliphatic rings. The molecule has 0 spiro atoms. The van der Waals surface area contributed by atoms with E-state index in [2.05, 4.69) is 73.2 Å². The number of nitrogens with zero attached hydrogens (tertiary/aromatic N) is 3. The van der Waals surface area contributed by atoms with Gasteiger partial charge in [0.2, 0.25) is 0 Å². The molecule has 0 bridgehead atoms. The fourth-order valence-electron chi connectivity index (χ4n) is 5.86. The van der Waals surface area contributed by atoms with Gasteiger partial charge in [0, 0.05) is 50.7 Å². The summed E-state index contributed by atoms with van der Waals surface area (Å²) in [5, 5.41) is 0. The Morgan fingerprint density at radius 2 is 1.69 bits per heavy atom. The topological polar surface area (TPSA) is 36.0 Å². The van der Waals surface area contributed by atoms with E-state index in [1.807, 2.05) is 31.7 Å². The summed E-state index contributed by atoms with van der Waals surface area (Å²) < 4.78 is 5.53. The van der Waals surface area contributed by atoms with Gasteiger partial charge in [-0.1, -0.05) is 56.3 Å². The molecule has 1 heterocycles. The maximum Gasteiger partial charge on any atom is 0.410 e. The van der Waals surface area contributed by atoms with Gasteiger partial charge in [-0.3, -0.25) is 4.90 Å². The van der Waals surface area contributed by atoms with Crippen molar-refractivity contribution in [3.63, 3.8) is 0 Å². The van der Waals surface area contributed by atoms with Crippen LogP contribution in [0.1, 0.15) is 70.1 Å². The molecule has 1 aliphatic heterocycles. The molecule has 2 aromatic carbocycles. The Labute approximate surface area is 236 Å². The number of rotatable bonds is 8. The number of hydrogen-bond donors (Lipinski definition) is 0. The van der Waals surface area contributed by atoms with Crippen molar-refractivity contribution in [1.29, 1.82) is 0 Å². The van der Waals surface area contributed by atoms with Gasteiger partial charge < -0.3 is 14.5 Å². The summed E-state index contributed by atoms with van der Waals surface area (Å²) in [6.45, 7) is 23.7. The van der Waals surface area contributed by atoms with Crippen LogP contribution in [0, 0.1) is 12.8 Å². The molecule has 0 unspecified atom stereocenters. The van der Waals surface area contributed by atoms with E-state index in [9.17, 15) is 4.79 Å². The molecule has 0 aromatic heterocycles. The lowest BCUT2D eigenvalue weighted by Gasteiger charge is -2.35. The van der Waals surface area contributed by atoms with Gasteiger partial charge in [-0.25, -0.2) is 4.79 Å². The normalized spacial score (nSPS) is 16.8. The highest BCUT2D eigenvalue weighted by Crippen LogP contribution is 2.38. The molecule has 4 rings (SSSR count). The number of hydrogen-bond acceptors (Lipinski definition) is 4. The van der Waals surface area contributed by atoms with Gasteiger partial charge >= 0.3 is 6.09 Å². The molecule has 2 aromatic rings. The van der Waals surface area contributed by atoms with Crippen LogP contribution in [-0.2, 0) is 11.3 Å². The van der Waals surface area contributed by atoms with Crippen molar-refractivity contribution in [2.45, 2.75) is 72.4 Å². The third-order valence-electron chi connectivity index (χ3n) is 8.14. The quantitative estimate of drug-likeness (QED) is 0.348. The van der Waals surface area contributed by atoms with Crippen molar-refractivity contribution >= 4 is 17.9 Å². The summed E-state index contributed by atoms with van der Waals surface area (Å²) in [6, 6.07) is 13.5. The number of amides is 1. The predicted octanol–water partition coefficient (Wildman–Crippen LogP) is 7.89. The van der Waals surface area contributed by atoms with E-state index in [1.165, 1.54) is 64.9 Å². The van der Waals surface area contributed by atoms with Crippen LogP contribution < -0.4 is 4.90 Å². The first-order valence-corrected chi connectivity index (χ1v) is 14.6. The first-order chi connectivity index (χ1) is 18.6. The Morgan fingerprint density at radius 3 is 2.26 bits per heavy atom. The molecule has 1 saturated carbocycles. The van der Waals surface area contributed by atoms with E-state index < -0.39 is 5.60 Å². The SMILES string of the molecule is C=Cc1cc(-c2ccc(CN3CCN(C(=O)OC(C)(C)C)CC3)cc2)cc(N(CC)C(=C)C2CCCC2)c1C. The van der Waals surface area contributed by atoms with Crippen LogP contribution in [0.2, 0.25) is 0 Å². The van der Waals surface area contributed by atoms with Crippen LogP contribution >= 0.6 is 0 Å². The minimum atomic E-state index is -0.459. The third kappa shape index (κ3) is 7.13. The first-order valence-electron chi connectivity index (χ1n) is 14.6. The minimum Gasteiger partial charge on any atom is -0.444 e. The Balaban J connectivity index is 1.45. The first kappa shape index (κ1) is 28.9. The monoisotopic (exact) mass is 529 g/mol. The van der Waals surface area contributed by atoms with Gasteiger partial charge in [0.1, 0.15) is 5.60 Å². The fourth-order valence-corrected chi connectivity index (χ4v) is 5.86. The van der Waals surface area contributed by atoms with Gasteiger partial charge in [-0.15, -0.1) is 0 Å². The molecule has 210 valence electrons. The Kier molecular flexibility index (Phi) is 9.22. The molecule has 0 atom stereocenters. The molecule has 5 nitrogen and oxygen atoms in total. The summed E-state index contributed by atoms with van der Waals surface area (Å²) in [6.07, 6.45) is 6.88. The van der Waals surface area contributed by atoms with Crippen LogP contribution in [0.25, 0.3) is 17.2 Å². The molecule has 2 fully saturated rings. The standard InChI is InChI=1S/C34H47N3O2/c1-8-28-22-31(23-32(25(28)3)37(9-2)26(4)29-12-10-11-13-29)30-16-14-27(15-17-30)24-35-18-20-36(21-19-35)33(38)39-34(5,6)7/h8,14-17,22-23,29H,1,4,9-13,18-21,24H2,2-3,5-7H3. The number of carbonyl (C=O) groups is 1. The average Bonchev–Trinajstić information content (AvgIpc) is 3.45. The Morgan fingerprint density at radius 1 is 1.05 bits per heavy atom. The summed E-state index contributed by atoms with van der Waals surface area (Å²) in [5.41, 5.74) is 8.18. The zero-order chi connectivity index (χ0) is 28.2. The van der Waals surface area contributed by atoms with Crippen LogP contribution in [0.5, 0.6) is 0 Å². The lowest BCUT2D eigenvalue weighted by atomic mass is 9.95. The van der Waals surface area contributed by atoms with Crippen molar-refractivity contribution in [3.05, 3.63) is 71.9 Å². The number of piperazine rings is 1. The van der Waals surface area contributed by atoms with Gasteiger partial charge in [0.25, 0.3) is 0 Å². The molecule has 1 amide bonds. The second-order valence-corrected chi connectivity index (χ2v) is 12.1.